The molecule has 0 aromatic heterocycles. The van der Waals surface area contributed by atoms with Crippen LogP contribution in [0.25, 0.3) is 0 Å². The van der Waals surface area contributed by atoms with Crippen LogP contribution in [-0.2, 0) is 9.53 Å². The maximum atomic E-state index is 13.8. The minimum Gasteiger partial charge on any atom is -0.444 e. The molecule has 2 aliphatic rings. The molecular formula is C14H22FNO3. The standard InChI is InChI=1S/C14H22FNO3/c1-12(2,3)19-11(18)16-8-13(9-16)4-6-14(15,10-17)7-5-13/h10H,4-9H2,1-3H3. The average molecular weight is 271 g/mol. The highest BCUT2D eigenvalue weighted by atomic mass is 19.1. The monoisotopic (exact) mass is 271 g/mol. The average Bonchev–Trinajstić information content (AvgIpc) is 2.25. The summed E-state index contributed by atoms with van der Waals surface area (Å²) in [6, 6.07) is 0. The molecule has 4 nitrogen and oxygen atoms in total. The number of alkyl halides is 1. The molecule has 1 spiro atoms. The number of hydrogen-bond donors (Lipinski definition) is 0. The second-order valence-corrected chi connectivity index (χ2v) is 6.99. The van der Waals surface area contributed by atoms with Crippen molar-refractivity contribution < 1.29 is 18.7 Å². The van der Waals surface area contributed by atoms with Crippen LogP contribution in [0, 0.1) is 5.41 Å². The van der Waals surface area contributed by atoms with E-state index < -0.39 is 11.3 Å². The number of carbonyl (C=O) groups excluding carboxylic acids is 2. The zero-order valence-electron chi connectivity index (χ0n) is 11.9. The van der Waals surface area contributed by atoms with Crippen LogP contribution in [0.15, 0.2) is 0 Å². The molecule has 1 saturated carbocycles. The summed E-state index contributed by atoms with van der Waals surface area (Å²) in [6.07, 6.45) is 2.02. The van der Waals surface area contributed by atoms with Gasteiger partial charge in [0, 0.05) is 18.5 Å². The lowest BCUT2D eigenvalue weighted by Gasteiger charge is -2.53. The molecule has 19 heavy (non-hydrogen) atoms. The van der Waals surface area contributed by atoms with Gasteiger partial charge in [-0.25, -0.2) is 9.18 Å². The van der Waals surface area contributed by atoms with Crippen LogP contribution >= 0.6 is 0 Å². The van der Waals surface area contributed by atoms with Crippen LogP contribution in [0.1, 0.15) is 46.5 Å². The first-order valence-corrected chi connectivity index (χ1v) is 6.80. The minimum absolute atomic E-state index is 0.00943. The van der Waals surface area contributed by atoms with Crippen molar-refractivity contribution in [3.8, 4) is 0 Å². The third kappa shape index (κ3) is 3.07. The molecule has 2 fully saturated rings. The molecule has 2 rings (SSSR count). The maximum Gasteiger partial charge on any atom is 0.410 e. The summed E-state index contributed by atoms with van der Waals surface area (Å²) in [4.78, 5) is 24.2. The quantitative estimate of drug-likeness (QED) is 0.689. The summed E-state index contributed by atoms with van der Waals surface area (Å²) < 4.78 is 19.1. The van der Waals surface area contributed by atoms with Gasteiger partial charge < -0.3 is 9.64 Å². The smallest absolute Gasteiger partial charge is 0.410 e. The SMILES string of the molecule is CC(C)(C)OC(=O)N1CC2(CCC(F)(C=O)CC2)C1. The molecule has 0 aromatic rings. The molecule has 1 aliphatic heterocycles. The van der Waals surface area contributed by atoms with Gasteiger partial charge in [-0.1, -0.05) is 0 Å². The third-order valence-electron chi connectivity index (χ3n) is 4.06. The number of carbonyl (C=O) groups is 2. The van der Waals surface area contributed by atoms with Gasteiger partial charge in [0.05, 0.1) is 0 Å². The van der Waals surface area contributed by atoms with Crippen LogP contribution in [0.3, 0.4) is 0 Å². The molecule has 1 saturated heterocycles. The zero-order chi connectivity index (χ0) is 14.3. The van der Waals surface area contributed by atoms with Crippen molar-refractivity contribution in [3.63, 3.8) is 0 Å². The van der Waals surface area contributed by atoms with Crippen molar-refractivity contribution in [2.45, 2.75) is 57.7 Å². The van der Waals surface area contributed by atoms with Gasteiger partial charge in [0.1, 0.15) is 5.60 Å². The molecular weight excluding hydrogens is 249 g/mol. The first-order chi connectivity index (χ1) is 8.67. The zero-order valence-corrected chi connectivity index (χ0v) is 11.9. The van der Waals surface area contributed by atoms with Crippen molar-refractivity contribution in [1.82, 2.24) is 4.90 Å². The fourth-order valence-electron chi connectivity index (χ4n) is 2.85. The van der Waals surface area contributed by atoms with Gasteiger partial charge in [-0.15, -0.1) is 0 Å². The molecule has 0 unspecified atom stereocenters. The maximum absolute atomic E-state index is 13.8. The fourth-order valence-corrected chi connectivity index (χ4v) is 2.85. The van der Waals surface area contributed by atoms with Gasteiger partial charge in [-0.3, -0.25) is 4.79 Å². The molecule has 0 atom stereocenters. The first kappa shape index (κ1) is 14.3. The Balaban J connectivity index is 1.83. The Morgan fingerprint density at radius 2 is 1.74 bits per heavy atom. The van der Waals surface area contributed by atoms with Gasteiger partial charge in [0.25, 0.3) is 0 Å². The Hall–Kier alpha value is -1.13. The molecule has 1 amide bonds. The number of likely N-dealkylation sites (tertiary alicyclic amines) is 1. The topological polar surface area (TPSA) is 46.6 Å². The minimum atomic E-state index is -1.64. The lowest BCUT2D eigenvalue weighted by molar-refractivity contribution is -0.125. The summed E-state index contributed by atoms with van der Waals surface area (Å²) in [7, 11) is 0. The Morgan fingerprint density at radius 3 is 2.16 bits per heavy atom. The first-order valence-electron chi connectivity index (χ1n) is 6.80. The number of ether oxygens (including phenoxy) is 1. The number of aldehydes is 1. The second-order valence-electron chi connectivity index (χ2n) is 6.99. The second kappa shape index (κ2) is 4.46. The predicted octanol–water partition coefficient (Wildman–Crippen LogP) is 2.70. The molecule has 0 bridgehead atoms. The van der Waals surface area contributed by atoms with Crippen LogP contribution in [-0.4, -0.2) is 41.6 Å². The summed E-state index contributed by atoms with van der Waals surface area (Å²) in [6.45, 7) is 6.75. The molecule has 1 heterocycles. The highest BCUT2D eigenvalue weighted by molar-refractivity contribution is 5.69. The molecule has 1 aliphatic carbocycles. The van der Waals surface area contributed by atoms with Crippen LogP contribution in [0.4, 0.5) is 9.18 Å². The van der Waals surface area contributed by atoms with Crippen molar-refractivity contribution >= 4 is 12.4 Å². The molecule has 0 radical (unpaired) electrons. The van der Waals surface area contributed by atoms with Gasteiger partial charge in [-0.2, -0.15) is 0 Å². The van der Waals surface area contributed by atoms with E-state index in [1.165, 1.54) is 0 Å². The van der Waals surface area contributed by atoms with Crippen molar-refractivity contribution in [1.29, 1.82) is 0 Å². The van der Waals surface area contributed by atoms with Crippen LogP contribution in [0.5, 0.6) is 0 Å². The molecule has 5 heteroatoms. The predicted molar refractivity (Wildman–Crippen MR) is 68.6 cm³/mol. The number of amides is 1. The van der Waals surface area contributed by atoms with Gasteiger partial charge >= 0.3 is 6.09 Å². The third-order valence-corrected chi connectivity index (χ3v) is 4.06. The van der Waals surface area contributed by atoms with E-state index in [1.807, 2.05) is 20.8 Å². The fraction of sp³-hybridized carbons (Fsp3) is 0.857. The summed E-state index contributed by atoms with van der Waals surface area (Å²) in [5.41, 5.74) is -2.12. The Kier molecular flexibility index (Phi) is 3.35. The number of nitrogens with zero attached hydrogens (tertiary/aromatic N) is 1. The summed E-state index contributed by atoms with van der Waals surface area (Å²) in [5, 5.41) is 0. The van der Waals surface area contributed by atoms with Crippen molar-refractivity contribution in [2.75, 3.05) is 13.1 Å². The lowest BCUT2D eigenvalue weighted by atomic mass is 9.65. The van der Waals surface area contributed by atoms with Gasteiger partial charge in [0.15, 0.2) is 12.0 Å². The Labute approximate surface area is 113 Å². The summed E-state index contributed by atoms with van der Waals surface area (Å²) in [5.74, 6) is 0. The Bertz CT molecular complexity index is 373. The van der Waals surface area contributed by atoms with Crippen molar-refractivity contribution in [2.24, 2.45) is 5.41 Å². The van der Waals surface area contributed by atoms with E-state index in [0.29, 0.717) is 32.2 Å². The molecule has 0 N–H and O–H groups in total. The van der Waals surface area contributed by atoms with E-state index in [2.05, 4.69) is 0 Å². The number of hydrogen-bond acceptors (Lipinski definition) is 3. The van der Waals surface area contributed by atoms with Gasteiger partial charge in [0.2, 0.25) is 0 Å². The van der Waals surface area contributed by atoms with E-state index in [1.54, 1.807) is 4.90 Å². The molecule has 0 aromatic carbocycles. The van der Waals surface area contributed by atoms with E-state index in [9.17, 15) is 14.0 Å². The Morgan fingerprint density at radius 1 is 1.21 bits per heavy atom. The lowest BCUT2D eigenvalue weighted by Crippen LogP contribution is -2.61. The number of halogens is 1. The van der Waals surface area contributed by atoms with Crippen LogP contribution in [0.2, 0.25) is 0 Å². The van der Waals surface area contributed by atoms with Crippen LogP contribution < -0.4 is 0 Å². The van der Waals surface area contributed by atoms with E-state index in [4.69, 9.17) is 4.74 Å². The van der Waals surface area contributed by atoms with E-state index in [0.717, 1.165) is 0 Å². The van der Waals surface area contributed by atoms with Crippen molar-refractivity contribution in [3.05, 3.63) is 0 Å². The highest BCUT2D eigenvalue weighted by Gasteiger charge is 2.51. The van der Waals surface area contributed by atoms with E-state index in [-0.39, 0.29) is 24.3 Å². The summed E-state index contributed by atoms with van der Waals surface area (Å²) >= 11 is 0. The number of rotatable bonds is 1. The normalized spacial score (nSPS) is 24.7. The van der Waals surface area contributed by atoms with E-state index >= 15 is 0 Å². The highest BCUT2D eigenvalue weighted by Crippen LogP contribution is 2.47. The largest absolute Gasteiger partial charge is 0.444 e. The van der Waals surface area contributed by atoms with Gasteiger partial charge in [-0.05, 0) is 46.5 Å². The molecule has 108 valence electrons.